The lowest BCUT2D eigenvalue weighted by Gasteiger charge is -2.04. The van der Waals surface area contributed by atoms with Crippen molar-refractivity contribution in [2.24, 2.45) is 0 Å². The third-order valence-corrected chi connectivity index (χ3v) is 2.03. The van der Waals surface area contributed by atoms with E-state index in [0.717, 1.165) is 12.8 Å². The number of hydrogen-bond donors (Lipinski definition) is 2. The Hall–Kier alpha value is -1.91. The number of aromatic nitrogens is 1. The van der Waals surface area contributed by atoms with Gasteiger partial charge in [-0.05, 0) is 12.5 Å². The monoisotopic (exact) mass is 222 g/mol. The summed E-state index contributed by atoms with van der Waals surface area (Å²) in [5.74, 6) is -1.18. The number of hydrogen-bond acceptors (Lipinski definition) is 3. The normalized spacial score (nSPS) is 9.81. The number of carbonyl (C=O) groups is 2. The highest BCUT2D eigenvalue weighted by Crippen LogP contribution is 2.09. The van der Waals surface area contributed by atoms with E-state index in [1.54, 1.807) is 0 Å². The highest BCUT2D eigenvalue weighted by molar-refractivity contribution is 5.93. The number of rotatable bonds is 5. The molecule has 0 aliphatic carbocycles. The zero-order valence-corrected chi connectivity index (χ0v) is 9.06. The molecule has 0 aliphatic rings. The highest BCUT2D eigenvalue weighted by Gasteiger charge is 2.06. The van der Waals surface area contributed by atoms with Gasteiger partial charge < -0.3 is 10.4 Å². The van der Waals surface area contributed by atoms with Crippen LogP contribution in [-0.4, -0.2) is 22.0 Å². The van der Waals surface area contributed by atoms with Crippen LogP contribution in [0.2, 0.25) is 0 Å². The third kappa shape index (κ3) is 3.68. The van der Waals surface area contributed by atoms with E-state index in [2.05, 4.69) is 10.3 Å². The molecule has 0 spiro atoms. The summed E-state index contributed by atoms with van der Waals surface area (Å²) >= 11 is 0. The molecule has 0 unspecified atom stereocenters. The van der Waals surface area contributed by atoms with Gasteiger partial charge in [-0.3, -0.25) is 9.78 Å². The second-order valence-corrected chi connectivity index (χ2v) is 3.42. The first kappa shape index (κ1) is 12.2. The Morgan fingerprint density at radius 3 is 2.81 bits per heavy atom. The van der Waals surface area contributed by atoms with Crippen LogP contribution in [0.5, 0.6) is 0 Å². The molecule has 16 heavy (non-hydrogen) atoms. The number of unbranched alkanes of at least 4 members (excludes halogenated alkanes) is 1. The van der Waals surface area contributed by atoms with Crippen LogP contribution >= 0.6 is 0 Å². The van der Waals surface area contributed by atoms with E-state index in [-0.39, 0.29) is 11.5 Å². The van der Waals surface area contributed by atoms with Crippen LogP contribution in [0.3, 0.4) is 0 Å². The van der Waals surface area contributed by atoms with E-state index in [9.17, 15) is 9.59 Å². The SMILES string of the molecule is CCCCC(=O)Nc1cncc(C(=O)O)c1. The number of carboxylic acid groups (broad SMARTS) is 1. The topological polar surface area (TPSA) is 79.3 Å². The van der Waals surface area contributed by atoms with Gasteiger partial charge in [0.05, 0.1) is 17.4 Å². The standard InChI is InChI=1S/C11H14N2O3/c1-2-3-4-10(14)13-9-5-8(11(15)16)6-12-7-9/h5-7H,2-4H2,1H3,(H,13,14)(H,15,16). The Bertz CT molecular complexity index is 391. The van der Waals surface area contributed by atoms with Crippen LogP contribution in [0.4, 0.5) is 5.69 Å². The molecule has 1 aromatic heterocycles. The van der Waals surface area contributed by atoms with E-state index in [1.165, 1.54) is 18.5 Å². The second-order valence-electron chi connectivity index (χ2n) is 3.42. The van der Waals surface area contributed by atoms with Gasteiger partial charge in [0.1, 0.15) is 0 Å². The molecule has 1 aromatic rings. The second kappa shape index (κ2) is 5.85. The van der Waals surface area contributed by atoms with Gasteiger partial charge in [-0.1, -0.05) is 13.3 Å². The highest BCUT2D eigenvalue weighted by atomic mass is 16.4. The van der Waals surface area contributed by atoms with Crippen LogP contribution in [0.25, 0.3) is 0 Å². The molecule has 0 aromatic carbocycles. The maximum absolute atomic E-state index is 11.4. The average Bonchev–Trinajstić information content (AvgIpc) is 2.26. The first-order valence-electron chi connectivity index (χ1n) is 5.11. The zero-order chi connectivity index (χ0) is 12.0. The van der Waals surface area contributed by atoms with Crippen molar-refractivity contribution < 1.29 is 14.7 Å². The van der Waals surface area contributed by atoms with Crippen molar-refractivity contribution in [3.8, 4) is 0 Å². The van der Waals surface area contributed by atoms with Crippen LogP contribution in [0.15, 0.2) is 18.5 Å². The number of carboxylic acids is 1. The number of nitrogens with one attached hydrogen (secondary N) is 1. The Morgan fingerprint density at radius 2 is 2.19 bits per heavy atom. The summed E-state index contributed by atoms with van der Waals surface area (Å²) in [4.78, 5) is 25.8. The van der Waals surface area contributed by atoms with Gasteiger partial charge in [-0.2, -0.15) is 0 Å². The van der Waals surface area contributed by atoms with Gasteiger partial charge >= 0.3 is 5.97 Å². The van der Waals surface area contributed by atoms with Gasteiger partial charge in [-0.25, -0.2) is 4.79 Å². The number of nitrogens with zero attached hydrogens (tertiary/aromatic N) is 1. The lowest BCUT2D eigenvalue weighted by Crippen LogP contribution is -2.11. The Kier molecular flexibility index (Phi) is 4.44. The number of carbonyl (C=O) groups excluding carboxylic acids is 1. The first-order chi connectivity index (χ1) is 7.63. The van der Waals surface area contributed by atoms with Crippen molar-refractivity contribution in [2.75, 3.05) is 5.32 Å². The Morgan fingerprint density at radius 1 is 1.44 bits per heavy atom. The minimum Gasteiger partial charge on any atom is -0.478 e. The van der Waals surface area contributed by atoms with E-state index in [1.807, 2.05) is 6.92 Å². The fourth-order valence-corrected chi connectivity index (χ4v) is 1.19. The van der Waals surface area contributed by atoms with Gasteiger partial charge in [0.15, 0.2) is 0 Å². The molecule has 2 N–H and O–H groups in total. The predicted molar refractivity (Wildman–Crippen MR) is 59.4 cm³/mol. The number of aromatic carboxylic acids is 1. The van der Waals surface area contributed by atoms with Crippen molar-refractivity contribution in [3.63, 3.8) is 0 Å². The fourth-order valence-electron chi connectivity index (χ4n) is 1.19. The molecule has 1 amide bonds. The maximum atomic E-state index is 11.4. The summed E-state index contributed by atoms with van der Waals surface area (Å²) in [6, 6.07) is 1.39. The van der Waals surface area contributed by atoms with Crippen molar-refractivity contribution >= 4 is 17.6 Å². The van der Waals surface area contributed by atoms with E-state index < -0.39 is 5.97 Å². The van der Waals surface area contributed by atoms with Crippen LogP contribution < -0.4 is 5.32 Å². The summed E-state index contributed by atoms with van der Waals surface area (Å²) in [5.41, 5.74) is 0.481. The number of amides is 1. The van der Waals surface area contributed by atoms with Crippen molar-refractivity contribution in [1.29, 1.82) is 0 Å². The molecule has 86 valence electrons. The average molecular weight is 222 g/mol. The first-order valence-corrected chi connectivity index (χ1v) is 5.11. The van der Waals surface area contributed by atoms with Crippen molar-refractivity contribution in [3.05, 3.63) is 24.0 Å². The summed E-state index contributed by atoms with van der Waals surface area (Å²) in [6.45, 7) is 2.00. The Balaban J connectivity index is 2.63. The van der Waals surface area contributed by atoms with E-state index in [0.29, 0.717) is 12.1 Å². The van der Waals surface area contributed by atoms with E-state index in [4.69, 9.17) is 5.11 Å². The molecular formula is C11H14N2O3. The molecule has 0 aliphatic heterocycles. The molecule has 1 heterocycles. The predicted octanol–water partition coefficient (Wildman–Crippen LogP) is 1.91. The fraction of sp³-hybridized carbons (Fsp3) is 0.364. The summed E-state index contributed by atoms with van der Waals surface area (Å²) < 4.78 is 0. The van der Waals surface area contributed by atoms with Crippen molar-refractivity contribution in [1.82, 2.24) is 4.98 Å². The molecule has 0 bridgehead atoms. The molecule has 0 atom stereocenters. The maximum Gasteiger partial charge on any atom is 0.337 e. The smallest absolute Gasteiger partial charge is 0.337 e. The minimum absolute atomic E-state index is 0.0632. The molecule has 0 radical (unpaired) electrons. The lowest BCUT2D eigenvalue weighted by atomic mass is 10.2. The summed E-state index contributed by atoms with van der Waals surface area (Å²) in [6.07, 6.45) is 4.87. The van der Waals surface area contributed by atoms with Crippen LogP contribution in [0.1, 0.15) is 36.5 Å². The van der Waals surface area contributed by atoms with Gasteiger partial charge in [-0.15, -0.1) is 0 Å². The molecule has 0 fully saturated rings. The zero-order valence-electron chi connectivity index (χ0n) is 9.06. The van der Waals surface area contributed by atoms with Gasteiger partial charge in [0.25, 0.3) is 0 Å². The quantitative estimate of drug-likeness (QED) is 0.797. The molecule has 5 heteroatoms. The minimum atomic E-state index is -1.06. The van der Waals surface area contributed by atoms with E-state index >= 15 is 0 Å². The molecule has 1 rings (SSSR count). The summed E-state index contributed by atoms with van der Waals surface area (Å²) in [5, 5.41) is 11.3. The largest absolute Gasteiger partial charge is 0.478 e. The van der Waals surface area contributed by atoms with Gasteiger partial charge in [0.2, 0.25) is 5.91 Å². The number of anilines is 1. The number of pyridine rings is 1. The van der Waals surface area contributed by atoms with Gasteiger partial charge in [0, 0.05) is 12.6 Å². The molecule has 0 saturated heterocycles. The van der Waals surface area contributed by atoms with Crippen LogP contribution in [0, 0.1) is 0 Å². The Labute approximate surface area is 93.5 Å². The third-order valence-electron chi connectivity index (χ3n) is 2.03. The van der Waals surface area contributed by atoms with Crippen molar-refractivity contribution in [2.45, 2.75) is 26.2 Å². The molecular weight excluding hydrogens is 208 g/mol. The molecule has 5 nitrogen and oxygen atoms in total. The summed E-state index contributed by atoms with van der Waals surface area (Å²) in [7, 11) is 0. The van der Waals surface area contributed by atoms with Crippen LogP contribution in [-0.2, 0) is 4.79 Å². The molecule has 0 saturated carbocycles. The lowest BCUT2D eigenvalue weighted by molar-refractivity contribution is -0.116.